The molecular formula is C14H24N4. The van der Waals surface area contributed by atoms with Crippen LogP contribution in [-0.4, -0.2) is 21.9 Å². The number of aryl methyl sites for hydroxylation is 2. The van der Waals surface area contributed by atoms with Gasteiger partial charge in [-0.1, -0.05) is 19.3 Å². The first kappa shape index (κ1) is 11.9. The fourth-order valence-electron chi connectivity index (χ4n) is 3.49. The van der Waals surface area contributed by atoms with Crippen LogP contribution < -0.4 is 10.6 Å². The van der Waals surface area contributed by atoms with Crippen molar-refractivity contribution in [1.82, 2.24) is 9.78 Å². The molecular weight excluding hydrogens is 224 g/mol. The summed E-state index contributed by atoms with van der Waals surface area (Å²) < 4.78 is 2.11. The van der Waals surface area contributed by atoms with Crippen molar-refractivity contribution < 1.29 is 0 Å². The summed E-state index contributed by atoms with van der Waals surface area (Å²) in [4.78, 5) is 0. The minimum Gasteiger partial charge on any atom is -0.380 e. The first-order valence-electron chi connectivity index (χ1n) is 7.33. The second-order valence-corrected chi connectivity index (χ2v) is 5.77. The number of hydrogen-bond acceptors (Lipinski definition) is 3. The molecule has 0 saturated heterocycles. The summed E-state index contributed by atoms with van der Waals surface area (Å²) in [5.74, 6) is 1.22. The fourth-order valence-corrected chi connectivity index (χ4v) is 3.49. The van der Waals surface area contributed by atoms with E-state index in [4.69, 9.17) is 0 Å². The van der Waals surface area contributed by atoms with E-state index in [1.165, 1.54) is 50.0 Å². The predicted molar refractivity (Wildman–Crippen MR) is 75.2 cm³/mol. The number of hydrogen-bond donors (Lipinski definition) is 2. The number of aromatic nitrogens is 2. The SMILES string of the molecule is CCn1nc(C)c2c1NC1(CCCCC1)CCN2. The van der Waals surface area contributed by atoms with Crippen LogP contribution in [0.5, 0.6) is 0 Å². The number of nitrogens with zero attached hydrogens (tertiary/aromatic N) is 2. The highest BCUT2D eigenvalue weighted by Crippen LogP contribution is 2.39. The lowest BCUT2D eigenvalue weighted by atomic mass is 9.79. The molecule has 0 amide bonds. The third-order valence-electron chi connectivity index (χ3n) is 4.53. The zero-order valence-corrected chi connectivity index (χ0v) is 11.6. The van der Waals surface area contributed by atoms with Gasteiger partial charge in [0.1, 0.15) is 11.5 Å². The molecule has 0 aromatic carbocycles. The van der Waals surface area contributed by atoms with Crippen LogP contribution in [0.25, 0.3) is 0 Å². The first-order chi connectivity index (χ1) is 8.74. The van der Waals surface area contributed by atoms with Crippen molar-refractivity contribution in [3.63, 3.8) is 0 Å². The van der Waals surface area contributed by atoms with Gasteiger partial charge in [0.2, 0.25) is 0 Å². The van der Waals surface area contributed by atoms with E-state index in [1.54, 1.807) is 0 Å². The van der Waals surface area contributed by atoms with Crippen LogP contribution in [0.15, 0.2) is 0 Å². The Balaban J connectivity index is 1.96. The van der Waals surface area contributed by atoms with Crippen LogP contribution in [0.1, 0.15) is 51.1 Å². The van der Waals surface area contributed by atoms with Crippen molar-refractivity contribution in [2.75, 3.05) is 17.2 Å². The minimum atomic E-state index is 0.315. The molecule has 1 aromatic heterocycles. The van der Waals surface area contributed by atoms with Gasteiger partial charge in [-0.25, -0.2) is 4.68 Å². The molecule has 1 aromatic rings. The Morgan fingerprint density at radius 1 is 1.22 bits per heavy atom. The fraction of sp³-hybridized carbons (Fsp3) is 0.786. The molecule has 1 saturated carbocycles. The highest BCUT2D eigenvalue weighted by atomic mass is 15.4. The molecule has 4 heteroatoms. The van der Waals surface area contributed by atoms with E-state index < -0.39 is 0 Å². The van der Waals surface area contributed by atoms with Crippen LogP contribution in [0.3, 0.4) is 0 Å². The van der Waals surface area contributed by atoms with E-state index >= 15 is 0 Å². The van der Waals surface area contributed by atoms with Crippen LogP contribution in [0.4, 0.5) is 11.5 Å². The Labute approximate surface area is 109 Å². The summed E-state index contributed by atoms with van der Waals surface area (Å²) >= 11 is 0. The molecule has 2 N–H and O–H groups in total. The average Bonchev–Trinajstić information content (AvgIpc) is 2.58. The monoisotopic (exact) mass is 248 g/mol. The van der Waals surface area contributed by atoms with Gasteiger partial charge in [0.15, 0.2) is 0 Å². The van der Waals surface area contributed by atoms with Crippen LogP contribution in [0, 0.1) is 6.92 Å². The van der Waals surface area contributed by atoms with Gasteiger partial charge in [0.05, 0.1) is 5.69 Å². The maximum atomic E-state index is 4.62. The molecule has 1 aliphatic heterocycles. The summed E-state index contributed by atoms with van der Waals surface area (Å²) in [7, 11) is 0. The maximum absolute atomic E-state index is 4.62. The Hall–Kier alpha value is -1.19. The second-order valence-electron chi connectivity index (χ2n) is 5.77. The quantitative estimate of drug-likeness (QED) is 0.802. The molecule has 1 aliphatic carbocycles. The highest BCUT2D eigenvalue weighted by Gasteiger charge is 2.35. The molecule has 100 valence electrons. The third-order valence-corrected chi connectivity index (χ3v) is 4.53. The number of fused-ring (bicyclic) bond motifs is 1. The molecule has 2 heterocycles. The normalized spacial score (nSPS) is 21.9. The van der Waals surface area contributed by atoms with E-state index in [2.05, 4.69) is 34.3 Å². The molecule has 0 unspecified atom stereocenters. The van der Waals surface area contributed by atoms with E-state index in [-0.39, 0.29) is 0 Å². The summed E-state index contributed by atoms with van der Waals surface area (Å²) in [6.07, 6.45) is 7.97. The Morgan fingerprint density at radius 3 is 2.72 bits per heavy atom. The first-order valence-corrected chi connectivity index (χ1v) is 7.33. The Morgan fingerprint density at radius 2 is 2.00 bits per heavy atom. The zero-order valence-electron chi connectivity index (χ0n) is 11.6. The predicted octanol–water partition coefficient (Wildman–Crippen LogP) is 3.14. The minimum absolute atomic E-state index is 0.315. The molecule has 1 fully saturated rings. The van der Waals surface area contributed by atoms with Gasteiger partial charge in [0, 0.05) is 18.6 Å². The number of nitrogens with one attached hydrogen (secondary N) is 2. The largest absolute Gasteiger partial charge is 0.380 e. The lowest BCUT2D eigenvalue weighted by Crippen LogP contribution is -2.41. The van der Waals surface area contributed by atoms with Gasteiger partial charge in [-0.3, -0.25) is 0 Å². The molecule has 0 atom stereocenters. The summed E-state index contributed by atoms with van der Waals surface area (Å²) in [5, 5.41) is 12.0. The van der Waals surface area contributed by atoms with Gasteiger partial charge in [-0.2, -0.15) is 5.10 Å². The lowest BCUT2D eigenvalue weighted by Gasteiger charge is -2.37. The van der Waals surface area contributed by atoms with Crippen molar-refractivity contribution in [1.29, 1.82) is 0 Å². The van der Waals surface area contributed by atoms with Gasteiger partial charge < -0.3 is 10.6 Å². The highest BCUT2D eigenvalue weighted by molar-refractivity contribution is 5.69. The maximum Gasteiger partial charge on any atom is 0.148 e. The second kappa shape index (κ2) is 4.48. The molecule has 0 radical (unpaired) electrons. The van der Waals surface area contributed by atoms with E-state index in [1.807, 2.05) is 0 Å². The van der Waals surface area contributed by atoms with Gasteiger partial charge >= 0.3 is 0 Å². The van der Waals surface area contributed by atoms with E-state index in [0.717, 1.165) is 18.8 Å². The molecule has 18 heavy (non-hydrogen) atoms. The van der Waals surface area contributed by atoms with Crippen molar-refractivity contribution >= 4 is 11.5 Å². The molecule has 1 spiro atoms. The molecule has 0 bridgehead atoms. The standard InChI is InChI=1S/C14H24N4/c1-3-18-13-12(11(2)17-18)15-10-9-14(16-13)7-5-4-6-8-14/h15-16H,3-10H2,1-2H3. The Bertz CT molecular complexity index is 429. The van der Waals surface area contributed by atoms with E-state index in [0.29, 0.717) is 5.54 Å². The smallest absolute Gasteiger partial charge is 0.148 e. The van der Waals surface area contributed by atoms with Crippen molar-refractivity contribution in [2.24, 2.45) is 0 Å². The van der Waals surface area contributed by atoms with E-state index in [9.17, 15) is 0 Å². The van der Waals surface area contributed by atoms with Gasteiger partial charge in [-0.15, -0.1) is 0 Å². The van der Waals surface area contributed by atoms with Gasteiger partial charge in [0.25, 0.3) is 0 Å². The third kappa shape index (κ3) is 1.88. The van der Waals surface area contributed by atoms with Crippen molar-refractivity contribution in [3.05, 3.63) is 5.69 Å². The van der Waals surface area contributed by atoms with Crippen molar-refractivity contribution in [3.8, 4) is 0 Å². The van der Waals surface area contributed by atoms with Crippen LogP contribution in [-0.2, 0) is 6.54 Å². The number of anilines is 2. The Kier molecular flexibility index (Phi) is 2.96. The number of rotatable bonds is 1. The van der Waals surface area contributed by atoms with Gasteiger partial charge in [-0.05, 0) is 33.1 Å². The molecule has 2 aliphatic rings. The molecule has 4 nitrogen and oxygen atoms in total. The summed E-state index contributed by atoms with van der Waals surface area (Å²) in [5.41, 5.74) is 2.65. The van der Waals surface area contributed by atoms with Crippen LogP contribution >= 0.6 is 0 Å². The molecule has 3 rings (SSSR count). The lowest BCUT2D eigenvalue weighted by molar-refractivity contribution is 0.310. The average molecular weight is 248 g/mol. The summed E-state index contributed by atoms with van der Waals surface area (Å²) in [6, 6.07) is 0. The topological polar surface area (TPSA) is 41.9 Å². The van der Waals surface area contributed by atoms with Crippen LogP contribution in [0.2, 0.25) is 0 Å². The summed E-state index contributed by atoms with van der Waals surface area (Å²) in [6.45, 7) is 6.25. The zero-order chi connectivity index (χ0) is 12.6. The van der Waals surface area contributed by atoms with Crippen molar-refractivity contribution in [2.45, 2.75) is 64.5 Å².